The molecule has 1 aromatic carbocycles. The van der Waals surface area contributed by atoms with Crippen LogP contribution in [0.1, 0.15) is 12.6 Å². The van der Waals surface area contributed by atoms with E-state index in [2.05, 4.69) is 9.95 Å². The summed E-state index contributed by atoms with van der Waals surface area (Å²) in [5, 5.41) is 3.85. The van der Waals surface area contributed by atoms with Crippen LogP contribution in [0.2, 0.25) is 0 Å². The number of thiazole rings is 1. The van der Waals surface area contributed by atoms with E-state index in [0.717, 1.165) is 40.3 Å². The summed E-state index contributed by atoms with van der Waals surface area (Å²) in [7, 11) is 0. The molecule has 3 aromatic heterocycles. The van der Waals surface area contributed by atoms with Gasteiger partial charge in [0, 0.05) is 41.5 Å². The van der Waals surface area contributed by atoms with Gasteiger partial charge in [-0.15, -0.1) is 11.3 Å². The van der Waals surface area contributed by atoms with Gasteiger partial charge in [0.05, 0.1) is 17.8 Å². The summed E-state index contributed by atoms with van der Waals surface area (Å²) >= 11 is 1.60. The Kier molecular flexibility index (Phi) is 4.22. The van der Waals surface area contributed by atoms with E-state index in [1.165, 1.54) is 0 Å². The molecule has 0 spiro atoms. The van der Waals surface area contributed by atoms with Crippen molar-refractivity contribution in [3.8, 4) is 16.3 Å². The molecule has 4 aromatic rings. The monoisotopic (exact) mass is 366 g/mol. The Morgan fingerprint density at radius 2 is 2.12 bits per heavy atom. The van der Waals surface area contributed by atoms with Gasteiger partial charge in [0.2, 0.25) is 0 Å². The third kappa shape index (κ3) is 3.09. The number of nitrogens with zero attached hydrogens (tertiary/aromatic N) is 3. The summed E-state index contributed by atoms with van der Waals surface area (Å²) < 4.78 is 9.28. The molecule has 4 rings (SSSR count). The molecule has 0 saturated heterocycles. The van der Waals surface area contributed by atoms with Gasteiger partial charge in [-0.25, -0.2) is 9.78 Å². The summed E-state index contributed by atoms with van der Waals surface area (Å²) in [6.07, 6.45) is 5.03. The standard InChI is InChI=1S/C19H18N4O2S/c1-2-23-11-17(25-19(20)24)15-9-13(5-6-16(15)23)18-21-14(12-26-18)10-22-7-3-4-8-22/h3-9,11-12H,2,10H2,1H3,(H2,20,24). The van der Waals surface area contributed by atoms with Gasteiger partial charge in [-0.1, -0.05) is 0 Å². The fraction of sp³-hybridized carbons (Fsp3) is 0.158. The zero-order valence-electron chi connectivity index (χ0n) is 14.3. The molecule has 0 unspecified atom stereocenters. The molecule has 26 heavy (non-hydrogen) atoms. The minimum Gasteiger partial charge on any atom is -0.408 e. The Balaban J connectivity index is 1.70. The lowest BCUT2D eigenvalue weighted by Crippen LogP contribution is -2.16. The normalized spacial score (nSPS) is 11.1. The molecule has 1 amide bonds. The molecule has 0 atom stereocenters. The average molecular weight is 366 g/mol. The zero-order valence-corrected chi connectivity index (χ0v) is 15.1. The highest BCUT2D eigenvalue weighted by molar-refractivity contribution is 7.13. The number of aromatic nitrogens is 3. The number of hydrogen-bond donors (Lipinski definition) is 1. The SMILES string of the molecule is CCn1cc(OC(N)=O)c2cc(-c3nc(Cn4cccc4)cs3)ccc21. The molecule has 0 bridgehead atoms. The van der Waals surface area contributed by atoms with Crippen molar-refractivity contribution in [1.82, 2.24) is 14.1 Å². The van der Waals surface area contributed by atoms with Crippen LogP contribution in [0.5, 0.6) is 5.75 Å². The topological polar surface area (TPSA) is 75.1 Å². The van der Waals surface area contributed by atoms with Gasteiger partial charge in [-0.3, -0.25) is 0 Å². The highest BCUT2D eigenvalue weighted by Crippen LogP contribution is 2.33. The molecule has 0 fully saturated rings. The second kappa shape index (κ2) is 6.68. The number of nitrogens with two attached hydrogens (primary N) is 1. The van der Waals surface area contributed by atoms with Crippen LogP contribution < -0.4 is 10.5 Å². The molecule has 2 N–H and O–H groups in total. The lowest BCUT2D eigenvalue weighted by Gasteiger charge is -2.02. The molecule has 7 heteroatoms. The van der Waals surface area contributed by atoms with Crippen molar-refractivity contribution < 1.29 is 9.53 Å². The maximum atomic E-state index is 11.2. The van der Waals surface area contributed by atoms with Crippen molar-refractivity contribution in [2.45, 2.75) is 20.0 Å². The van der Waals surface area contributed by atoms with Gasteiger partial charge in [0.15, 0.2) is 5.75 Å². The minimum atomic E-state index is -0.811. The van der Waals surface area contributed by atoms with E-state index in [4.69, 9.17) is 15.5 Å². The maximum Gasteiger partial charge on any atom is 0.410 e. The first kappa shape index (κ1) is 16.4. The quantitative estimate of drug-likeness (QED) is 0.578. The Labute approximate surface area is 154 Å². The number of primary amides is 1. The van der Waals surface area contributed by atoms with Crippen molar-refractivity contribution in [3.63, 3.8) is 0 Å². The van der Waals surface area contributed by atoms with E-state index in [1.807, 2.05) is 54.2 Å². The number of carbonyl (C=O) groups excluding carboxylic acids is 1. The highest BCUT2D eigenvalue weighted by atomic mass is 32.1. The van der Waals surface area contributed by atoms with Crippen LogP contribution in [0.25, 0.3) is 21.5 Å². The lowest BCUT2D eigenvalue weighted by atomic mass is 10.1. The molecule has 6 nitrogen and oxygen atoms in total. The van der Waals surface area contributed by atoms with Crippen LogP contribution in [0.15, 0.2) is 54.3 Å². The smallest absolute Gasteiger partial charge is 0.408 e. The molecule has 0 aliphatic heterocycles. The molecule has 132 valence electrons. The minimum absolute atomic E-state index is 0.473. The number of hydrogen-bond acceptors (Lipinski definition) is 4. The molecule has 3 heterocycles. The number of benzene rings is 1. The molecule has 0 aliphatic carbocycles. The predicted octanol–water partition coefficient (Wildman–Crippen LogP) is 4.09. The van der Waals surface area contributed by atoms with Gasteiger partial charge in [0.1, 0.15) is 5.01 Å². The van der Waals surface area contributed by atoms with Crippen LogP contribution >= 0.6 is 11.3 Å². The van der Waals surface area contributed by atoms with Crippen LogP contribution in [-0.4, -0.2) is 20.2 Å². The van der Waals surface area contributed by atoms with Crippen LogP contribution in [0.3, 0.4) is 0 Å². The van der Waals surface area contributed by atoms with E-state index in [9.17, 15) is 4.79 Å². The summed E-state index contributed by atoms with van der Waals surface area (Å²) in [5.41, 5.74) is 8.20. The lowest BCUT2D eigenvalue weighted by molar-refractivity contribution is 0.211. The third-order valence-corrected chi connectivity index (χ3v) is 5.15. The van der Waals surface area contributed by atoms with Crippen LogP contribution in [0.4, 0.5) is 4.79 Å². The van der Waals surface area contributed by atoms with E-state index >= 15 is 0 Å². The van der Waals surface area contributed by atoms with E-state index in [1.54, 1.807) is 17.5 Å². The first-order valence-corrected chi connectivity index (χ1v) is 9.17. The van der Waals surface area contributed by atoms with Crippen molar-refractivity contribution in [1.29, 1.82) is 0 Å². The molecular weight excluding hydrogens is 348 g/mol. The first-order chi connectivity index (χ1) is 12.6. The van der Waals surface area contributed by atoms with E-state index in [-0.39, 0.29) is 0 Å². The summed E-state index contributed by atoms with van der Waals surface area (Å²) in [6.45, 7) is 3.56. The van der Waals surface area contributed by atoms with Gasteiger partial charge < -0.3 is 19.6 Å². The summed E-state index contributed by atoms with van der Waals surface area (Å²) in [5.74, 6) is 0.473. The van der Waals surface area contributed by atoms with Crippen molar-refractivity contribution >= 4 is 28.3 Å². The van der Waals surface area contributed by atoms with Crippen molar-refractivity contribution in [2.24, 2.45) is 5.73 Å². The molecule has 0 aliphatic rings. The average Bonchev–Trinajstić information content (AvgIpc) is 3.35. The Hall–Kier alpha value is -3.06. The van der Waals surface area contributed by atoms with Crippen LogP contribution in [-0.2, 0) is 13.1 Å². The molecule has 0 saturated carbocycles. The number of aryl methyl sites for hydroxylation is 1. The molecule has 0 radical (unpaired) electrons. The van der Waals surface area contributed by atoms with Gasteiger partial charge >= 0.3 is 6.09 Å². The number of rotatable bonds is 5. The van der Waals surface area contributed by atoms with Crippen molar-refractivity contribution in [3.05, 3.63) is 60.0 Å². The fourth-order valence-electron chi connectivity index (χ4n) is 3.02. The predicted molar refractivity (Wildman–Crippen MR) is 102 cm³/mol. The van der Waals surface area contributed by atoms with Gasteiger partial charge in [-0.05, 0) is 37.3 Å². The Bertz CT molecular complexity index is 1060. The van der Waals surface area contributed by atoms with Gasteiger partial charge in [-0.2, -0.15) is 0 Å². The summed E-state index contributed by atoms with van der Waals surface area (Å²) in [4.78, 5) is 15.9. The second-order valence-electron chi connectivity index (χ2n) is 5.93. The maximum absolute atomic E-state index is 11.2. The zero-order chi connectivity index (χ0) is 18.1. The number of carbonyl (C=O) groups is 1. The highest BCUT2D eigenvalue weighted by Gasteiger charge is 2.14. The third-order valence-electron chi connectivity index (χ3n) is 4.21. The fourth-order valence-corrected chi connectivity index (χ4v) is 3.83. The van der Waals surface area contributed by atoms with E-state index in [0.29, 0.717) is 5.75 Å². The Morgan fingerprint density at radius 1 is 1.31 bits per heavy atom. The number of ether oxygens (including phenoxy) is 1. The number of fused-ring (bicyclic) bond motifs is 1. The van der Waals surface area contributed by atoms with Crippen LogP contribution in [0, 0.1) is 0 Å². The first-order valence-electron chi connectivity index (χ1n) is 8.29. The largest absolute Gasteiger partial charge is 0.410 e. The van der Waals surface area contributed by atoms with Crippen molar-refractivity contribution in [2.75, 3.05) is 0 Å². The van der Waals surface area contributed by atoms with E-state index < -0.39 is 6.09 Å². The van der Waals surface area contributed by atoms with Gasteiger partial charge in [0.25, 0.3) is 0 Å². The Morgan fingerprint density at radius 3 is 2.85 bits per heavy atom. The summed E-state index contributed by atoms with van der Waals surface area (Å²) in [6, 6.07) is 10.1. The molecular formula is C19H18N4O2S. The second-order valence-corrected chi connectivity index (χ2v) is 6.79. The number of amides is 1.